The van der Waals surface area contributed by atoms with Crippen molar-refractivity contribution in [3.05, 3.63) is 35.4 Å². The van der Waals surface area contributed by atoms with Crippen LogP contribution in [0.4, 0.5) is 4.79 Å². The van der Waals surface area contributed by atoms with E-state index in [1.165, 1.54) is 24.3 Å². The van der Waals surface area contributed by atoms with Gasteiger partial charge in [0.1, 0.15) is 5.54 Å². The number of benzene rings is 1. The maximum atomic E-state index is 12.5. The van der Waals surface area contributed by atoms with Crippen LogP contribution in [0.5, 0.6) is 0 Å². The van der Waals surface area contributed by atoms with Gasteiger partial charge in [-0.05, 0) is 49.9 Å². The lowest BCUT2D eigenvalue weighted by atomic mass is 9.79. The molecule has 0 radical (unpaired) electrons. The zero-order valence-electron chi connectivity index (χ0n) is 13.7. The number of nitrogens with zero attached hydrogens (tertiary/aromatic N) is 1. The zero-order chi connectivity index (χ0) is 18.2. The van der Waals surface area contributed by atoms with Crippen molar-refractivity contribution in [1.29, 1.82) is 0 Å². The van der Waals surface area contributed by atoms with E-state index >= 15 is 0 Å². The Morgan fingerprint density at radius 3 is 2.16 bits per heavy atom. The molecule has 2 aliphatic rings. The monoisotopic (exact) mass is 345 g/mol. The lowest BCUT2D eigenvalue weighted by molar-refractivity contribution is -0.125. The quantitative estimate of drug-likeness (QED) is 0.702. The van der Waals surface area contributed by atoms with Crippen molar-refractivity contribution in [3.63, 3.8) is 0 Å². The molecule has 0 spiro atoms. The Labute approximate surface area is 144 Å². The molecule has 132 valence electrons. The first-order chi connectivity index (χ1) is 11.8. The van der Waals surface area contributed by atoms with Gasteiger partial charge in [-0.1, -0.05) is 0 Å². The second-order valence-electron chi connectivity index (χ2n) is 6.56. The molecule has 25 heavy (non-hydrogen) atoms. The predicted molar refractivity (Wildman–Crippen MR) is 87.1 cm³/mol. The van der Waals surface area contributed by atoms with Gasteiger partial charge in [-0.3, -0.25) is 14.9 Å². The number of amides is 4. The normalized spacial score (nSPS) is 24.0. The fourth-order valence-corrected chi connectivity index (χ4v) is 3.44. The topological polar surface area (TPSA) is 116 Å². The number of hydrogen-bond donors (Lipinski definition) is 3. The van der Waals surface area contributed by atoms with E-state index in [0.717, 1.165) is 0 Å². The fourth-order valence-electron chi connectivity index (χ4n) is 3.44. The van der Waals surface area contributed by atoms with Gasteiger partial charge in [0, 0.05) is 18.7 Å². The van der Waals surface area contributed by atoms with E-state index in [-0.39, 0.29) is 23.3 Å². The molecule has 1 aromatic carbocycles. The molecular weight excluding hydrogens is 326 g/mol. The molecule has 2 heterocycles. The second kappa shape index (κ2) is 6.19. The third kappa shape index (κ3) is 3.07. The van der Waals surface area contributed by atoms with E-state index in [9.17, 15) is 19.2 Å². The Kier molecular flexibility index (Phi) is 4.20. The number of urea groups is 1. The summed E-state index contributed by atoms with van der Waals surface area (Å²) in [7, 11) is 0. The predicted octanol–water partition coefficient (Wildman–Crippen LogP) is 0.835. The number of carbonyl (C=O) groups excluding carboxylic acids is 3. The van der Waals surface area contributed by atoms with E-state index in [1.54, 1.807) is 11.8 Å². The number of rotatable bonds is 3. The van der Waals surface area contributed by atoms with Crippen LogP contribution in [0.3, 0.4) is 0 Å². The lowest BCUT2D eigenvalue weighted by Gasteiger charge is -2.38. The van der Waals surface area contributed by atoms with Gasteiger partial charge in [-0.2, -0.15) is 0 Å². The summed E-state index contributed by atoms with van der Waals surface area (Å²) in [6.45, 7) is 2.66. The Bertz CT molecular complexity index is 737. The maximum absolute atomic E-state index is 12.5. The van der Waals surface area contributed by atoms with Gasteiger partial charge in [0.2, 0.25) is 0 Å². The molecule has 0 unspecified atom stereocenters. The van der Waals surface area contributed by atoms with Crippen LogP contribution < -0.4 is 10.6 Å². The smallest absolute Gasteiger partial charge is 0.335 e. The van der Waals surface area contributed by atoms with E-state index < -0.39 is 17.5 Å². The standard InChI is InChI=1S/C17H19N3O5/c1-17(15(24)18-16(25)19-17)12-6-8-20(9-7-12)13(21)10-2-4-11(5-3-10)14(22)23/h2-5,12H,6-9H2,1H3,(H,22,23)(H2,18,19,24,25)/t17-/m0/s1. The van der Waals surface area contributed by atoms with E-state index in [0.29, 0.717) is 31.5 Å². The van der Waals surface area contributed by atoms with Crippen molar-refractivity contribution in [2.45, 2.75) is 25.3 Å². The second-order valence-corrected chi connectivity index (χ2v) is 6.56. The van der Waals surface area contributed by atoms with Crippen molar-refractivity contribution in [2.75, 3.05) is 13.1 Å². The lowest BCUT2D eigenvalue weighted by Crippen LogP contribution is -2.54. The minimum absolute atomic E-state index is 0.0441. The highest BCUT2D eigenvalue weighted by atomic mass is 16.4. The Hall–Kier alpha value is -2.90. The summed E-state index contributed by atoms with van der Waals surface area (Å²) >= 11 is 0. The highest BCUT2D eigenvalue weighted by Crippen LogP contribution is 2.31. The van der Waals surface area contributed by atoms with Crippen molar-refractivity contribution < 1.29 is 24.3 Å². The van der Waals surface area contributed by atoms with Crippen molar-refractivity contribution in [1.82, 2.24) is 15.5 Å². The summed E-state index contributed by atoms with van der Waals surface area (Å²) in [4.78, 5) is 48.5. The minimum Gasteiger partial charge on any atom is -0.478 e. The molecule has 2 saturated heterocycles. The first kappa shape index (κ1) is 16.9. The summed E-state index contributed by atoms with van der Waals surface area (Å²) in [5.74, 6) is -1.57. The molecule has 3 N–H and O–H groups in total. The van der Waals surface area contributed by atoms with Gasteiger partial charge in [-0.25, -0.2) is 9.59 Å². The van der Waals surface area contributed by atoms with Gasteiger partial charge in [0.25, 0.3) is 11.8 Å². The summed E-state index contributed by atoms with van der Waals surface area (Å²) < 4.78 is 0. The summed E-state index contributed by atoms with van der Waals surface area (Å²) in [6.07, 6.45) is 1.20. The molecule has 0 aliphatic carbocycles. The van der Waals surface area contributed by atoms with Crippen LogP contribution in [0.25, 0.3) is 0 Å². The van der Waals surface area contributed by atoms with Gasteiger partial charge in [0.15, 0.2) is 0 Å². The van der Waals surface area contributed by atoms with Crippen LogP contribution in [-0.2, 0) is 4.79 Å². The van der Waals surface area contributed by atoms with Gasteiger partial charge in [0.05, 0.1) is 5.56 Å². The van der Waals surface area contributed by atoms with Crippen molar-refractivity contribution >= 4 is 23.8 Å². The Morgan fingerprint density at radius 2 is 1.68 bits per heavy atom. The number of carboxylic acids is 1. The van der Waals surface area contributed by atoms with Crippen LogP contribution in [0.15, 0.2) is 24.3 Å². The first-order valence-corrected chi connectivity index (χ1v) is 8.07. The fraction of sp³-hybridized carbons (Fsp3) is 0.412. The molecule has 8 nitrogen and oxygen atoms in total. The molecule has 0 saturated carbocycles. The number of piperidine rings is 1. The average molecular weight is 345 g/mol. The van der Waals surface area contributed by atoms with Crippen LogP contribution >= 0.6 is 0 Å². The van der Waals surface area contributed by atoms with Crippen molar-refractivity contribution in [2.24, 2.45) is 5.92 Å². The number of imide groups is 1. The number of carboxylic acid groups (broad SMARTS) is 1. The average Bonchev–Trinajstić information content (AvgIpc) is 2.87. The number of hydrogen-bond acceptors (Lipinski definition) is 4. The maximum Gasteiger partial charge on any atom is 0.335 e. The molecule has 2 aliphatic heterocycles. The van der Waals surface area contributed by atoms with Crippen LogP contribution in [-0.4, -0.2) is 52.4 Å². The molecule has 8 heteroatoms. The number of aromatic carboxylic acids is 1. The van der Waals surface area contributed by atoms with Crippen LogP contribution in [0, 0.1) is 5.92 Å². The summed E-state index contributed by atoms with van der Waals surface area (Å²) in [6, 6.07) is 5.33. The third-order valence-electron chi connectivity index (χ3n) is 5.05. The molecule has 3 rings (SSSR count). The molecule has 4 amide bonds. The largest absolute Gasteiger partial charge is 0.478 e. The summed E-state index contributed by atoms with van der Waals surface area (Å²) in [5, 5.41) is 13.8. The van der Waals surface area contributed by atoms with Gasteiger partial charge >= 0.3 is 12.0 Å². The zero-order valence-corrected chi connectivity index (χ0v) is 13.7. The van der Waals surface area contributed by atoms with Gasteiger partial charge < -0.3 is 15.3 Å². The van der Waals surface area contributed by atoms with Crippen molar-refractivity contribution in [3.8, 4) is 0 Å². The third-order valence-corrected chi connectivity index (χ3v) is 5.05. The highest BCUT2D eigenvalue weighted by molar-refractivity contribution is 6.07. The molecule has 0 aromatic heterocycles. The summed E-state index contributed by atoms with van der Waals surface area (Å²) in [5.41, 5.74) is -0.372. The van der Waals surface area contributed by atoms with E-state index in [2.05, 4.69) is 10.6 Å². The highest BCUT2D eigenvalue weighted by Gasteiger charge is 2.48. The Balaban J connectivity index is 1.64. The SMILES string of the molecule is C[C@@]1(C2CCN(C(=O)c3ccc(C(=O)O)cc3)CC2)NC(=O)NC1=O. The van der Waals surface area contributed by atoms with E-state index in [1.807, 2.05) is 0 Å². The molecule has 1 aromatic rings. The van der Waals surface area contributed by atoms with Gasteiger partial charge in [-0.15, -0.1) is 0 Å². The molecular formula is C17H19N3O5. The molecule has 1 atom stereocenters. The first-order valence-electron chi connectivity index (χ1n) is 8.07. The van der Waals surface area contributed by atoms with E-state index in [4.69, 9.17) is 5.11 Å². The molecule has 0 bridgehead atoms. The van der Waals surface area contributed by atoms with Crippen LogP contribution in [0.1, 0.15) is 40.5 Å². The number of nitrogens with one attached hydrogen (secondary N) is 2. The minimum atomic E-state index is -1.04. The molecule has 2 fully saturated rings. The number of carbonyl (C=O) groups is 4. The Morgan fingerprint density at radius 1 is 1.12 bits per heavy atom. The van der Waals surface area contributed by atoms with Crippen LogP contribution in [0.2, 0.25) is 0 Å². The number of likely N-dealkylation sites (tertiary alicyclic amines) is 1.